The highest BCUT2D eigenvalue weighted by atomic mass is 16.5. The number of hydrogen-bond acceptors (Lipinski definition) is 4. The maximum absolute atomic E-state index is 11.1. The minimum atomic E-state index is -0.993. The van der Waals surface area contributed by atoms with Crippen molar-refractivity contribution in [1.29, 1.82) is 0 Å². The van der Waals surface area contributed by atoms with Gasteiger partial charge in [-0.15, -0.1) is 0 Å². The van der Waals surface area contributed by atoms with E-state index in [2.05, 4.69) is 0 Å². The summed E-state index contributed by atoms with van der Waals surface area (Å²) in [6, 6.07) is 5.16. The summed E-state index contributed by atoms with van der Waals surface area (Å²) in [5.41, 5.74) is -0.387. The highest BCUT2D eigenvalue weighted by Gasteiger charge is 2.28. The monoisotopic (exact) mass is 282 g/mol. The number of carboxylic acid groups (broad SMARTS) is 1. The number of carbonyl (C=O) groups is 1. The number of aliphatic carboxylic acids is 1. The van der Waals surface area contributed by atoms with Gasteiger partial charge in [0.15, 0.2) is 0 Å². The predicted octanol–water partition coefficient (Wildman–Crippen LogP) is 2.46. The number of aliphatic hydroxyl groups is 1. The Morgan fingerprint density at radius 1 is 1.30 bits per heavy atom. The maximum Gasteiger partial charge on any atom is 0.312 e. The molecular formula is C15H22O5. The van der Waals surface area contributed by atoms with Gasteiger partial charge in [-0.25, -0.2) is 0 Å². The summed E-state index contributed by atoms with van der Waals surface area (Å²) in [6.45, 7) is 5.63. The molecule has 0 heterocycles. The molecule has 5 heteroatoms. The Balaban J connectivity index is 2.83. The van der Waals surface area contributed by atoms with Crippen LogP contribution in [0.2, 0.25) is 0 Å². The molecule has 0 aliphatic carbocycles. The van der Waals surface area contributed by atoms with Crippen LogP contribution in [-0.4, -0.2) is 29.4 Å². The van der Waals surface area contributed by atoms with E-state index in [9.17, 15) is 9.90 Å². The van der Waals surface area contributed by atoms with Gasteiger partial charge in [0.25, 0.3) is 0 Å². The highest BCUT2D eigenvalue weighted by Crippen LogP contribution is 2.27. The van der Waals surface area contributed by atoms with Gasteiger partial charge in [-0.05, 0) is 32.4 Å². The zero-order valence-electron chi connectivity index (χ0n) is 12.2. The second-order valence-electron chi connectivity index (χ2n) is 5.25. The Morgan fingerprint density at radius 3 is 2.55 bits per heavy atom. The molecule has 0 atom stereocenters. The van der Waals surface area contributed by atoms with Crippen molar-refractivity contribution in [2.45, 2.75) is 33.8 Å². The van der Waals surface area contributed by atoms with Crippen molar-refractivity contribution in [3.63, 3.8) is 0 Å². The summed E-state index contributed by atoms with van der Waals surface area (Å²) < 4.78 is 11.1. The van der Waals surface area contributed by atoms with Gasteiger partial charge in [-0.1, -0.05) is 6.92 Å². The first-order valence-corrected chi connectivity index (χ1v) is 6.63. The molecule has 0 fully saturated rings. The van der Waals surface area contributed by atoms with E-state index in [1.807, 2.05) is 6.92 Å². The summed E-state index contributed by atoms with van der Waals surface area (Å²) in [6.07, 6.45) is 0.893. The van der Waals surface area contributed by atoms with Gasteiger partial charge in [-0.3, -0.25) is 4.79 Å². The van der Waals surface area contributed by atoms with Crippen molar-refractivity contribution in [2.75, 3.05) is 13.2 Å². The summed E-state index contributed by atoms with van der Waals surface area (Å²) in [5.74, 6) is 0.170. The van der Waals surface area contributed by atoms with Gasteiger partial charge in [-0.2, -0.15) is 0 Å². The molecule has 2 N–H and O–H groups in total. The number of rotatable bonds is 8. The SMILES string of the molecule is CCCOc1ccc(CO)c(OCC(C)(C)C(=O)O)c1. The predicted molar refractivity (Wildman–Crippen MR) is 75.1 cm³/mol. The van der Waals surface area contributed by atoms with Crippen LogP contribution >= 0.6 is 0 Å². The van der Waals surface area contributed by atoms with Crippen molar-refractivity contribution < 1.29 is 24.5 Å². The van der Waals surface area contributed by atoms with E-state index in [-0.39, 0.29) is 13.2 Å². The molecule has 0 saturated carbocycles. The van der Waals surface area contributed by atoms with E-state index < -0.39 is 11.4 Å². The van der Waals surface area contributed by atoms with E-state index in [0.717, 1.165) is 6.42 Å². The zero-order chi connectivity index (χ0) is 15.2. The van der Waals surface area contributed by atoms with Crippen LogP contribution in [0.1, 0.15) is 32.8 Å². The van der Waals surface area contributed by atoms with Crippen molar-refractivity contribution in [2.24, 2.45) is 5.41 Å². The molecule has 20 heavy (non-hydrogen) atoms. The average molecular weight is 282 g/mol. The number of benzene rings is 1. The van der Waals surface area contributed by atoms with Crippen LogP contribution in [0.15, 0.2) is 18.2 Å². The van der Waals surface area contributed by atoms with E-state index in [1.165, 1.54) is 0 Å². The standard InChI is InChI=1S/C15H22O5/c1-4-7-19-12-6-5-11(9-16)13(8-12)20-10-15(2,3)14(17)18/h5-6,8,16H,4,7,9-10H2,1-3H3,(H,17,18). The van der Waals surface area contributed by atoms with Crippen molar-refractivity contribution >= 4 is 5.97 Å². The molecule has 112 valence electrons. The molecule has 5 nitrogen and oxygen atoms in total. The molecule has 0 spiro atoms. The molecule has 0 unspecified atom stereocenters. The Morgan fingerprint density at radius 2 is 2.00 bits per heavy atom. The highest BCUT2D eigenvalue weighted by molar-refractivity contribution is 5.73. The molecule has 0 radical (unpaired) electrons. The molecule has 0 bridgehead atoms. The number of hydrogen-bond donors (Lipinski definition) is 2. The molecule has 1 aromatic carbocycles. The first-order valence-electron chi connectivity index (χ1n) is 6.63. The normalized spacial score (nSPS) is 11.2. The lowest BCUT2D eigenvalue weighted by Gasteiger charge is -2.21. The summed E-state index contributed by atoms with van der Waals surface area (Å²) in [7, 11) is 0. The van der Waals surface area contributed by atoms with E-state index in [0.29, 0.717) is 23.7 Å². The number of ether oxygens (including phenoxy) is 2. The van der Waals surface area contributed by atoms with E-state index in [1.54, 1.807) is 32.0 Å². The minimum absolute atomic E-state index is 0.0204. The zero-order valence-corrected chi connectivity index (χ0v) is 12.2. The molecule has 1 rings (SSSR count). The van der Waals surface area contributed by atoms with Crippen molar-refractivity contribution in [1.82, 2.24) is 0 Å². The third-order valence-corrected chi connectivity index (χ3v) is 2.85. The maximum atomic E-state index is 11.1. The van der Waals surface area contributed by atoms with Crippen molar-refractivity contribution in [3.05, 3.63) is 23.8 Å². The van der Waals surface area contributed by atoms with Crippen LogP contribution in [0.25, 0.3) is 0 Å². The van der Waals surface area contributed by atoms with Crippen LogP contribution in [0.4, 0.5) is 0 Å². The van der Waals surface area contributed by atoms with Crippen LogP contribution in [0.3, 0.4) is 0 Å². The van der Waals surface area contributed by atoms with Gasteiger partial charge in [0.2, 0.25) is 0 Å². The quantitative estimate of drug-likeness (QED) is 0.766. The van der Waals surface area contributed by atoms with Crippen LogP contribution in [0.5, 0.6) is 11.5 Å². The van der Waals surface area contributed by atoms with Crippen molar-refractivity contribution in [3.8, 4) is 11.5 Å². The molecule has 0 aliphatic rings. The number of aliphatic hydroxyl groups excluding tert-OH is 1. The molecule has 0 aliphatic heterocycles. The fourth-order valence-corrected chi connectivity index (χ4v) is 1.43. The van der Waals surface area contributed by atoms with Gasteiger partial charge >= 0.3 is 5.97 Å². The van der Waals surface area contributed by atoms with Crippen LogP contribution in [-0.2, 0) is 11.4 Å². The van der Waals surface area contributed by atoms with E-state index in [4.69, 9.17) is 14.6 Å². The smallest absolute Gasteiger partial charge is 0.312 e. The fraction of sp³-hybridized carbons (Fsp3) is 0.533. The Labute approximate surface area is 119 Å². The van der Waals surface area contributed by atoms with Gasteiger partial charge in [0.1, 0.15) is 18.1 Å². The van der Waals surface area contributed by atoms with Crippen LogP contribution < -0.4 is 9.47 Å². The van der Waals surface area contributed by atoms with Gasteiger partial charge in [0, 0.05) is 11.6 Å². The molecular weight excluding hydrogens is 260 g/mol. The average Bonchev–Trinajstić information content (AvgIpc) is 2.42. The van der Waals surface area contributed by atoms with Crippen LogP contribution in [0, 0.1) is 5.41 Å². The Hall–Kier alpha value is -1.75. The van der Waals surface area contributed by atoms with Gasteiger partial charge in [0.05, 0.1) is 18.6 Å². The number of carboxylic acids is 1. The summed E-state index contributed by atoms with van der Waals surface area (Å²) in [4.78, 5) is 11.1. The topological polar surface area (TPSA) is 76.0 Å². The lowest BCUT2D eigenvalue weighted by Crippen LogP contribution is -2.30. The minimum Gasteiger partial charge on any atom is -0.493 e. The molecule has 0 amide bonds. The second-order valence-corrected chi connectivity index (χ2v) is 5.25. The second kappa shape index (κ2) is 7.14. The summed E-state index contributed by atoms with van der Waals surface area (Å²) >= 11 is 0. The molecule has 0 saturated heterocycles. The largest absolute Gasteiger partial charge is 0.493 e. The first kappa shape index (κ1) is 16.3. The van der Waals surface area contributed by atoms with Gasteiger partial charge < -0.3 is 19.7 Å². The van der Waals surface area contributed by atoms with E-state index >= 15 is 0 Å². The molecule has 1 aromatic rings. The third-order valence-electron chi connectivity index (χ3n) is 2.85. The molecule has 0 aromatic heterocycles. The fourth-order valence-electron chi connectivity index (χ4n) is 1.43. The first-order chi connectivity index (χ1) is 9.40. The lowest BCUT2D eigenvalue weighted by atomic mass is 9.95. The lowest BCUT2D eigenvalue weighted by molar-refractivity contribution is -0.148. The Kier molecular flexibility index (Phi) is 5.82. The Bertz CT molecular complexity index is 454. The third kappa shape index (κ3) is 4.42. The summed E-state index contributed by atoms with van der Waals surface area (Å²) in [5, 5.41) is 18.3.